The molecule has 0 radical (unpaired) electrons. The normalized spacial score (nSPS) is 10.8. The Morgan fingerprint density at radius 3 is 2.54 bits per heavy atom. The second-order valence-electron chi connectivity index (χ2n) is 6.00. The number of aromatic nitrogens is 2. The number of carbonyl (C=O) groups is 1. The van der Waals surface area contributed by atoms with E-state index in [9.17, 15) is 4.79 Å². The molecule has 0 aliphatic carbocycles. The van der Waals surface area contributed by atoms with E-state index in [0.717, 1.165) is 33.8 Å². The molecule has 6 nitrogen and oxygen atoms in total. The Morgan fingerprint density at radius 2 is 1.88 bits per heavy atom. The molecule has 3 aromatic rings. The molecule has 6 heteroatoms. The van der Waals surface area contributed by atoms with E-state index < -0.39 is 0 Å². The highest BCUT2D eigenvalue weighted by atomic mass is 16.1. The molecule has 0 aliphatic heterocycles. The monoisotopic (exact) mass is 323 g/mol. The molecule has 0 fully saturated rings. The van der Waals surface area contributed by atoms with Gasteiger partial charge < -0.3 is 20.9 Å². The van der Waals surface area contributed by atoms with E-state index in [0.29, 0.717) is 6.54 Å². The summed E-state index contributed by atoms with van der Waals surface area (Å²) in [5, 5.41) is 3.40. The molecule has 0 bridgehead atoms. The molecule has 1 heterocycles. The lowest BCUT2D eigenvalue weighted by Crippen LogP contribution is -2.13. The summed E-state index contributed by atoms with van der Waals surface area (Å²) in [6.07, 6.45) is 0.276. The minimum absolute atomic E-state index is 0.276. The molecule has 0 saturated carbocycles. The van der Waals surface area contributed by atoms with Crippen LogP contribution in [0.15, 0.2) is 42.5 Å². The van der Waals surface area contributed by atoms with Gasteiger partial charge in [-0.05, 0) is 29.3 Å². The first-order valence-electron chi connectivity index (χ1n) is 7.78. The van der Waals surface area contributed by atoms with Crippen LogP contribution in [0.3, 0.4) is 0 Å². The molecule has 4 N–H and O–H groups in total. The number of nitrogens with two attached hydrogens (primary N) is 1. The van der Waals surface area contributed by atoms with Crippen molar-refractivity contribution in [3.63, 3.8) is 0 Å². The number of fused-ring (bicyclic) bond motifs is 1. The summed E-state index contributed by atoms with van der Waals surface area (Å²) in [4.78, 5) is 20.7. The van der Waals surface area contributed by atoms with Crippen LogP contribution >= 0.6 is 0 Å². The van der Waals surface area contributed by atoms with Gasteiger partial charge in [0.2, 0.25) is 11.9 Å². The Hall–Kier alpha value is -3.02. The number of nitrogens with zero attached hydrogens (tertiary/aromatic N) is 2. The maximum atomic E-state index is 10.9. The van der Waals surface area contributed by atoms with Crippen LogP contribution in [0, 0.1) is 0 Å². The van der Waals surface area contributed by atoms with Crippen molar-refractivity contribution in [3.8, 4) is 0 Å². The van der Waals surface area contributed by atoms with Crippen molar-refractivity contribution in [2.75, 3.05) is 24.3 Å². The van der Waals surface area contributed by atoms with Gasteiger partial charge >= 0.3 is 0 Å². The number of imidazole rings is 1. The van der Waals surface area contributed by atoms with Gasteiger partial charge in [0.15, 0.2) is 0 Å². The van der Waals surface area contributed by atoms with Crippen molar-refractivity contribution in [2.45, 2.75) is 13.0 Å². The Kier molecular flexibility index (Phi) is 4.37. The number of hydrogen-bond donors (Lipinski definition) is 3. The lowest BCUT2D eigenvalue weighted by Gasteiger charge is -2.07. The van der Waals surface area contributed by atoms with Crippen molar-refractivity contribution >= 4 is 28.6 Å². The molecule has 2 aromatic carbocycles. The maximum absolute atomic E-state index is 10.9. The molecular formula is C18H21N5O. The first kappa shape index (κ1) is 15.9. The van der Waals surface area contributed by atoms with E-state index in [1.165, 1.54) is 0 Å². The second kappa shape index (κ2) is 6.62. The highest BCUT2D eigenvalue weighted by molar-refractivity contribution is 5.81. The average Bonchev–Trinajstić information content (AvgIpc) is 2.97. The summed E-state index contributed by atoms with van der Waals surface area (Å²) < 4.78 is 0. The number of hydrogen-bond acceptors (Lipinski definition) is 4. The summed E-state index contributed by atoms with van der Waals surface area (Å²) in [6, 6.07) is 13.9. The Morgan fingerprint density at radius 1 is 1.17 bits per heavy atom. The number of carbonyl (C=O) groups excluding carboxylic acids is 1. The van der Waals surface area contributed by atoms with Gasteiger partial charge in [0.25, 0.3) is 0 Å². The van der Waals surface area contributed by atoms with Gasteiger partial charge in [0, 0.05) is 26.3 Å². The molecule has 3 rings (SSSR count). The third kappa shape index (κ3) is 3.65. The van der Waals surface area contributed by atoms with E-state index in [4.69, 9.17) is 5.73 Å². The predicted molar refractivity (Wildman–Crippen MR) is 97.1 cm³/mol. The number of H-pyrrole nitrogens is 1. The SMILES string of the molecule is CN(C)c1nc2ccc(NCc3ccc(CC(N)=O)cc3)cc2[nH]1. The van der Waals surface area contributed by atoms with Crippen molar-refractivity contribution in [1.82, 2.24) is 9.97 Å². The smallest absolute Gasteiger partial charge is 0.221 e. The summed E-state index contributed by atoms with van der Waals surface area (Å²) >= 11 is 0. The van der Waals surface area contributed by atoms with Gasteiger partial charge in [-0.25, -0.2) is 4.98 Å². The molecule has 0 atom stereocenters. The first-order chi connectivity index (χ1) is 11.5. The number of aromatic amines is 1. The van der Waals surface area contributed by atoms with Crippen LogP contribution in [0.1, 0.15) is 11.1 Å². The van der Waals surface area contributed by atoms with E-state index in [-0.39, 0.29) is 12.3 Å². The summed E-state index contributed by atoms with van der Waals surface area (Å²) in [5.74, 6) is 0.526. The standard InChI is InChI=1S/C18H21N5O/c1-23(2)18-21-15-8-7-14(10-16(15)22-18)20-11-13-5-3-12(4-6-13)9-17(19)24/h3-8,10,20H,9,11H2,1-2H3,(H2,19,24)(H,21,22). The largest absolute Gasteiger partial charge is 0.381 e. The summed E-state index contributed by atoms with van der Waals surface area (Å²) in [6.45, 7) is 0.705. The fourth-order valence-electron chi connectivity index (χ4n) is 2.50. The molecular weight excluding hydrogens is 302 g/mol. The van der Waals surface area contributed by atoms with Crippen LogP contribution < -0.4 is 16.0 Å². The molecule has 0 saturated heterocycles. The van der Waals surface area contributed by atoms with Gasteiger partial charge in [-0.15, -0.1) is 0 Å². The summed E-state index contributed by atoms with van der Waals surface area (Å²) in [7, 11) is 3.91. The topological polar surface area (TPSA) is 87.0 Å². The number of anilines is 2. The van der Waals surface area contributed by atoms with Gasteiger partial charge in [0.1, 0.15) is 0 Å². The predicted octanol–water partition coefficient (Wildman–Crippen LogP) is 2.27. The molecule has 0 aliphatic rings. The minimum Gasteiger partial charge on any atom is -0.381 e. The average molecular weight is 323 g/mol. The van der Waals surface area contributed by atoms with Crippen LogP contribution in [-0.2, 0) is 17.8 Å². The van der Waals surface area contributed by atoms with Gasteiger partial charge in [-0.1, -0.05) is 24.3 Å². The first-order valence-corrected chi connectivity index (χ1v) is 7.78. The zero-order chi connectivity index (χ0) is 17.1. The molecule has 124 valence electrons. The Balaban J connectivity index is 1.67. The maximum Gasteiger partial charge on any atom is 0.221 e. The van der Waals surface area contributed by atoms with Gasteiger partial charge in [-0.3, -0.25) is 4.79 Å². The molecule has 0 unspecified atom stereocenters. The van der Waals surface area contributed by atoms with E-state index in [1.807, 2.05) is 55.4 Å². The van der Waals surface area contributed by atoms with Gasteiger partial charge in [0.05, 0.1) is 17.5 Å². The van der Waals surface area contributed by atoms with Crippen molar-refractivity contribution < 1.29 is 4.79 Å². The number of benzene rings is 2. The zero-order valence-corrected chi connectivity index (χ0v) is 13.8. The minimum atomic E-state index is -0.314. The van der Waals surface area contributed by atoms with Crippen molar-refractivity contribution in [3.05, 3.63) is 53.6 Å². The van der Waals surface area contributed by atoms with E-state index in [1.54, 1.807) is 0 Å². The fourth-order valence-corrected chi connectivity index (χ4v) is 2.50. The molecule has 0 spiro atoms. The highest BCUT2D eigenvalue weighted by Gasteiger charge is 2.05. The number of amides is 1. The molecule has 1 amide bonds. The summed E-state index contributed by atoms with van der Waals surface area (Å²) in [5.41, 5.74) is 10.2. The lowest BCUT2D eigenvalue weighted by molar-refractivity contribution is -0.117. The fraction of sp³-hybridized carbons (Fsp3) is 0.222. The van der Waals surface area contributed by atoms with Crippen LogP contribution in [0.25, 0.3) is 11.0 Å². The highest BCUT2D eigenvalue weighted by Crippen LogP contribution is 2.20. The third-order valence-corrected chi connectivity index (χ3v) is 3.79. The second-order valence-corrected chi connectivity index (χ2v) is 6.00. The zero-order valence-electron chi connectivity index (χ0n) is 13.8. The van der Waals surface area contributed by atoms with Crippen LogP contribution in [0.4, 0.5) is 11.6 Å². The number of primary amides is 1. The Labute approximate surface area is 140 Å². The third-order valence-electron chi connectivity index (χ3n) is 3.79. The lowest BCUT2D eigenvalue weighted by atomic mass is 10.1. The van der Waals surface area contributed by atoms with Crippen LogP contribution in [-0.4, -0.2) is 30.0 Å². The number of rotatable bonds is 6. The molecule has 1 aromatic heterocycles. The van der Waals surface area contributed by atoms with E-state index in [2.05, 4.69) is 21.4 Å². The molecule has 24 heavy (non-hydrogen) atoms. The van der Waals surface area contributed by atoms with Crippen LogP contribution in [0.5, 0.6) is 0 Å². The van der Waals surface area contributed by atoms with Gasteiger partial charge in [-0.2, -0.15) is 0 Å². The van der Waals surface area contributed by atoms with Crippen molar-refractivity contribution in [1.29, 1.82) is 0 Å². The van der Waals surface area contributed by atoms with Crippen LogP contribution in [0.2, 0.25) is 0 Å². The van der Waals surface area contributed by atoms with Crippen molar-refractivity contribution in [2.24, 2.45) is 5.73 Å². The Bertz CT molecular complexity index is 851. The van der Waals surface area contributed by atoms with E-state index >= 15 is 0 Å². The number of nitrogens with one attached hydrogen (secondary N) is 2. The quantitative estimate of drug-likeness (QED) is 0.649.